The van der Waals surface area contributed by atoms with E-state index >= 15 is 0 Å². The number of sulfonamides is 1. The van der Waals surface area contributed by atoms with E-state index in [1.165, 1.54) is 0 Å². The van der Waals surface area contributed by atoms with Gasteiger partial charge in [-0.15, -0.1) is 0 Å². The molecule has 0 aliphatic carbocycles. The van der Waals surface area contributed by atoms with Crippen molar-refractivity contribution in [1.29, 1.82) is 0 Å². The molecular weight excluding hydrogens is 328 g/mol. The molecule has 2 aliphatic heterocycles. The SMILES string of the molecule is COCCN1CCO[C@@H]2CN(S(=O)(=O)c3ccccc3)CC[C@@H]2C1. The molecule has 0 spiro atoms. The Kier molecular flexibility index (Phi) is 5.89. The van der Waals surface area contributed by atoms with Crippen LogP contribution in [0.25, 0.3) is 0 Å². The van der Waals surface area contributed by atoms with Crippen LogP contribution in [0.2, 0.25) is 0 Å². The molecule has 0 aromatic heterocycles. The predicted molar refractivity (Wildman–Crippen MR) is 91.4 cm³/mol. The van der Waals surface area contributed by atoms with Gasteiger partial charge in [0.25, 0.3) is 0 Å². The van der Waals surface area contributed by atoms with Gasteiger partial charge in [-0.1, -0.05) is 18.2 Å². The van der Waals surface area contributed by atoms with Crippen molar-refractivity contribution < 1.29 is 17.9 Å². The Labute approximate surface area is 144 Å². The Morgan fingerprint density at radius 1 is 1.21 bits per heavy atom. The molecule has 2 atom stereocenters. The molecule has 2 saturated heterocycles. The van der Waals surface area contributed by atoms with Crippen molar-refractivity contribution in [3.63, 3.8) is 0 Å². The molecule has 0 saturated carbocycles. The van der Waals surface area contributed by atoms with Crippen LogP contribution < -0.4 is 0 Å². The van der Waals surface area contributed by atoms with Gasteiger partial charge in [0, 0.05) is 45.8 Å². The summed E-state index contributed by atoms with van der Waals surface area (Å²) in [5, 5.41) is 0. The summed E-state index contributed by atoms with van der Waals surface area (Å²) in [4.78, 5) is 2.72. The standard InChI is InChI=1S/C17H26N2O4S/c1-22-11-9-18-10-12-23-17-14-19(8-7-15(17)13-18)24(20,21)16-5-3-2-4-6-16/h2-6,15,17H,7-14H2,1H3/t15-,17-/m1/s1. The number of hydrogen-bond donors (Lipinski definition) is 0. The van der Waals surface area contributed by atoms with Gasteiger partial charge in [0.05, 0.1) is 24.2 Å². The van der Waals surface area contributed by atoms with Crippen molar-refractivity contribution in [1.82, 2.24) is 9.21 Å². The van der Waals surface area contributed by atoms with Crippen molar-refractivity contribution >= 4 is 10.0 Å². The lowest BCUT2D eigenvalue weighted by molar-refractivity contribution is -0.00192. The van der Waals surface area contributed by atoms with E-state index in [4.69, 9.17) is 9.47 Å². The van der Waals surface area contributed by atoms with Crippen LogP contribution in [0.3, 0.4) is 0 Å². The Hall–Kier alpha value is -0.990. The minimum Gasteiger partial charge on any atom is -0.383 e. The number of benzene rings is 1. The number of fused-ring (bicyclic) bond motifs is 1. The third kappa shape index (κ3) is 3.97. The van der Waals surface area contributed by atoms with Crippen LogP contribution in [0.4, 0.5) is 0 Å². The number of piperidine rings is 1. The summed E-state index contributed by atoms with van der Waals surface area (Å²) in [6.45, 7) is 5.08. The zero-order valence-electron chi connectivity index (χ0n) is 14.1. The third-order valence-corrected chi connectivity index (χ3v) is 6.76. The summed E-state index contributed by atoms with van der Waals surface area (Å²) in [6, 6.07) is 8.66. The van der Waals surface area contributed by atoms with E-state index < -0.39 is 10.0 Å². The first-order valence-electron chi connectivity index (χ1n) is 8.49. The lowest BCUT2D eigenvalue weighted by atomic mass is 9.94. The summed E-state index contributed by atoms with van der Waals surface area (Å²) in [7, 11) is -1.72. The number of methoxy groups -OCH3 is 1. The predicted octanol–water partition coefficient (Wildman–Crippen LogP) is 1.04. The molecule has 24 heavy (non-hydrogen) atoms. The maximum atomic E-state index is 12.8. The monoisotopic (exact) mass is 354 g/mol. The molecular formula is C17H26N2O4S. The highest BCUT2D eigenvalue weighted by Crippen LogP contribution is 2.27. The summed E-state index contributed by atoms with van der Waals surface area (Å²) in [5.41, 5.74) is 0. The molecule has 0 bridgehead atoms. The van der Waals surface area contributed by atoms with E-state index in [9.17, 15) is 8.42 Å². The maximum absolute atomic E-state index is 12.8. The van der Waals surface area contributed by atoms with Gasteiger partial charge in [0.1, 0.15) is 0 Å². The van der Waals surface area contributed by atoms with Gasteiger partial charge >= 0.3 is 0 Å². The van der Waals surface area contributed by atoms with Gasteiger partial charge in [0.2, 0.25) is 10.0 Å². The van der Waals surface area contributed by atoms with E-state index in [0.29, 0.717) is 37.1 Å². The van der Waals surface area contributed by atoms with Crippen molar-refractivity contribution in [2.75, 3.05) is 53.0 Å². The van der Waals surface area contributed by atoms with Crippen LogP contribution in [0, 0.1) is 5.92 Å². The quantitative estimate of drug-likeness (QED) is 0.791. The van der Waals surface area contributed by atoms with E-state index in [1.807, 2.05) is 6.07 Å². The Morgan fingerprint density at radius 3 is 2.75 bits per heavy atom. The summed E-state index contributed by atoms with van der Waals surface area (Å²) < 4.78 is 38.3. The minimum atomic E-state index is -3.43. The van der Waals surface area contributed by atoms with Gasteiger partial charge < -0.3 is 9.47 Å². The topological polar surface area (TPSA) is 59.1 Å². The molecule has 0 radical (unpaired) electrons. The van der Waals surface area contributed by atoms with Crippen LogP contribution in [0.15, 0.2) is 35.2 Å². The molecule has 6 nitrogen and oxygen atoms in total. The molecule has 3 rings (SSSR count). The van der Waals surface area contributed by atoms with Crippen LogP contribution in [0.1, 0.15) is 6.42 Å². The molecule has 134 valence electrons. The molecule has 0 amide bonds. The smallest absolute Gasteiger partial charge is 0.243 e. The number of ether oxygens (including phenoxy) is 2. The lowest BCUT2D eigenvalue weighted by Gasteiger charge is -2.37. The first kappa shape index (κ1) is 17.8. The van der Waals surface area contributed by atoms with E-state index in [-0.39, 0.29) is 6.10 Å². The Balaban J connectivity index is 1.67. The highest BCUT2D eigenvalue weighted by Gasteiger charge is 2.37. The third-order valence-electron chi connectivity index (χ3n) is 4.88. The van der Waals surface area contributed by atoms with Gasteiger partial charge in [-0.3, -0.25) is 4.90 Å². The van der Waals surface area contributed by atoms with E-state index in [2.05, 4.69) is 4.90 Å². The van der Waals surface area contributed by atoms with Gasteiger partial charge in [0.15, 0.2) is 0 Å². The average molecular weight is 354 g/mol. The van der Waals surface area contributed by atoms with Gasteiger partial charge in [-0.2, -0.15) is 4.31 Å². The molecule has 0 unspecified atom stereocenters. The average Bonchev–Trinajstić information content (AvgIpc) is 2.81. The zero-order valence-corrected chi connectivity index (χ0v) is 15.0. The van der Waals surface area contributed by atoms with Crippen LogP contribution in [0.5, 0.6) is 0 Å². The summed E-state index contributed by atoms with van der Waals surface area (Å²) >= 11 is 0. The molecule has 1 aromatic rings. The Morgan fingerprint density at radius 2 is 2.00 bits per heavy atom. The van der Waals surface area contributed by atoms with Crippen LogP contribution in [-0.2, 0) is 19.5 Å². The van der Waals surface area contributed by atoms with Crippen molar-refractivity contribution in [2.24, 2.45) is 5.92 Å². The van der Waals surface area contributed by atoms with E-state index in [0.717, 1.165) is 26.1 Å². The fraction of sp³-hybridized carbons (Fsp3) is 0.647. The molecule has 2 heterocycles. The first-order valence-corrected chi connectivity index (χ1v) is 9.93. The highest BCUT2D eigenvalue weighted by atomic mass is 32.2. The number of nitrogens with zero attached hydrogens (tertiary/aromatic N) is 2. The van der Waals surface area contributed by atoms with E-state index in [1.54, 1.807) is 35.7 Å². The van der Waals surface area contributed by atoms with Gasteiger partial charge in [-0.05, 0) is 18.6 Å². The number of rotatable bonds is 5. The number of hydrogen-bond acceptors (Lipinski definition) is 5. The fourth-order valence-corrected chi connectivity index (χ4v) is 4.96. The normalized spacial score (nSPS) is 26.7. The van der Waals surface area contributed by atoms with Gasteiger partial charge in [-0.25, -0.2) is 8.42 Å². The van der Waals surface area contributed by atoms with Crippen LogP contribution in [-0.4, -0.2) is 76.8 Å². The second kappa shape index (κ2) is 7.93. The van der Waals surface area contributed by atoms with Crippen molar-refractivity contribution in [3.8, 4) is 0 Å². The fourth-order valence-electron chi connectivity index (χ4n) is 3.47. The Bertz CT molecular complexity index is 623. The molecule has 7 heteroatoms. The molecule has 0 N–H and O–H groups in total. The summed E-state index contributed by atoms with van der Waals surface area (Å²) in [6.07, 6.45) is 0.810. The van der Waals surface area contributed by atoms with Crippen molar-refractivity contribution in [3.05, 3.63) is 30.3 Å². The second-order valence-corrected chi connectivity index (χ2v) is 8.37. The lowest BCUT2D eigenvalue weighted by Crippen LogP contribution is -2.49. The van der Waals surface area contributed by atoms with Crippen molar-refractivity contribution in [2.45, 2.75) is 17.4 Å². The largest absolute Gasteiger partial charge is 0.383 e. The zero-order chi connectivity index (χ0) is 17.0. The maximum Gasteiger partial charge on any atom is 0.243 e. The molecule has 2 fully saturated rings. The molecule has 2 aliphatic rings. The molecule has 1 aromatic carbocycles. The van der Waals surface area contributed by atoms with Crippen LogP contribution >= 0.6 is 0 Å². The highest BCUT2D eigenvalue weighted by molar-refractivity contribution is 7.89. The first-order chi connectivity index (χ1) is 11.6. The summed E-state index contributed by atoms with van der Waals surface area (Å²) in [5.74, 6) is 0.381. The second-order valence-electron chi connectivity index (χ2n) is 6.43. The minimum absolute atomic E-state index is 0.0233.